The minimum atomic E-state index is -0.950. The molecule has 3 aromatic rings. The second kappa shape index (κ2) is 4.56. The van der Waals surface area contributed by atoms with Crippen molar-refractivity contribution in [1.82, 2.24) is 0 Å². The predicted octanol–water partition coefficient (Wildman–Crippen LogP) is 4.63. The summed E-state index contributed by atoms with van der Waals surface area (Å²) >= 11 is 0. The number of benzene rings is 3. The van der Waals surface area contributed by atoms with E-state index in [4.69, 9.17) is 0 Å². The third kappa shape index (κ3) is 2.09. The van der Waals surface area contributed by atoms with Gasteiger partial charge in [-0.2, -0.15) is 0 Å². The smallest absolute Gasteiger partial charge is 0.136 e. The Morgan fingerprint density at radius 3 is 2.00 bits per heavy atom. The van der Waals surface area contributed by atoms with Gasteiger partial charge in [0.05, 0.1) is 5.56 Å². The molecule has 20 heavy (non-hydrogen) atoms. The zero-order valence-electron chi connectivity index (χ0n) is 10.2. The van der Waals surface area contributed by atoms with Gasteiger partial charge in [0.15, 0.2) is 0 Å². The van der Waals surface area contributed by atoms with Crippen LogP contribution in [0.2, 0.25) is 0 Å². The van der Waals surface area contributed by atoms with Gasteiger partial charge < -0.3 is 5.11 Å². The van der Waals surface area contributed by atoms with Gasteiger partial charge in [-0.1, -0.05) is 18.2 Å². The lowest BCUT2D eigenvalue weighted by Crippen LogP contribution is -1.92. The van der Waals surface area contributed by atoms with Gasteiger partial charge in [0, 0.05) is 12.1 Å². The largest absolute Gasteiger partial charge is 0.508 e. The zero-order chi connectivity index (χ0) is 14.3. The molecule has 0 aromatic heterocycles. The minimum Gasteiger partial charge on any atom is -0.508 e. The number of rotatable bonds is 1. The first-order chi connectivity index (χ1) is 9.54. The number of aromatic hydroxyl groups is 1. The first-order valence-corrected chi connectivity index (χ1v) is 5.92. The Morgan fingerprint density at radius 2 is 1.30 bits per heavy atom. The van der Waals surface area contributed by atoms with Crippen molar-refractivity contribution in [2.75, 3.05) is 0 Å². The van der Waals surface area contributed by atoms with Crippen molar-refractivity contribution in [3.8, 4) is 16.9 Å². The van der Waals surface area contributed by atoms with Crippen LogP contribution in [0.1, 0.15) is 0 Å². The molecule has 0 aliphatic heterocycles. The van der Waals surface area contributed by atoms with E-state index in [0.717, 1.165) is 10.8 Å². The van der Waals surface area contributed by atoms with E-state index in [0.29, 0.717) is 17.7 Å². The number of phenols is 1. The summed E-state index contributed by atoms with van der Waals surface area (Å²) in [4.78, 5) is 0. The van der Waals surface area contributed by atoms with E-state index in [1.54, 1.807) is 24.3 Å². The number of halogens is 3. The van der Waals surface area contributed by atoms with Crippen LogP contribution in [0.4, 0.5) is 13.2 Å². The van der Waals surface area contributed by atoms with E-state index in [-0.39, 0.29) is 11.3 Å². The molecule has 0 fully saturated rings. The molecule has 0 saturated carbocycles. The molecule has 0 unspecified atom stereocenters. The molecular formula is C16H9F3O. The maximum atomic E-state index is 13.7. The van der Waals surface area contributed by atoms with Crippen LogP contribution in [-0.4, -0.2) is 5.11 Å². The van der Waals surface area contributed by atoms with Crippen molar-refractivity contribution in [3.05, 3.63) is 66.0 Å². The molecule has 0 heterocycles. The van der Waals surface area contributed by atoms with Crippen LogP contribution in [0.15, 0.2) is 48.5 Å². The van der Waals surface area contributed by atoms with Gasteiger partial charge in [0.2, 0.25) is 0 Å². The highest BCUT2D eigenvalue weighted by Crippen LogP contribution is 2.30. The quantitative estimate of drug-likeness (QED) is 0.686. The van der Waals surface area contributed by atoms with Gasteiger partial charge >= 0.3 is 0 Å². The fourth-order valence-electron chi connectivity index (χ4n) is 2.21. The van der Waals surface area contributed by atoms with Crippen molar-refractivity contribution in [2.45, 2.75) is 0 Å². The second-order valence-corrected chi connectivity index (χ2v) is 4.49. The Kier molecular flexibility index (Phi) is 2.86. The summed E-state index contributed by atoms with van der Waals surface area (Å²) < 4.78 is 40.4. The Balaban J connectivity index is 2.23. The Labute approximate surface area is 112 Å². The van der Waals surface area contributed by atoms with Crippen molar-refractivity contribution < 1.29 is 18.3 Å². The molecule has 0 bridgehead atoms. The van der Waals surface area contributed by atoms with E-state index in [1.807, 2.05) is 0 Å². The van der Waals surface area contributed by atoms with Gasteiger partial charge in [0.1, 0.15) is 23.2 Å². The molecule has 0 amide bonds. The Hall–Kier alpha value is -2.49. The molecule has 0 aliphatic carbocycles. The third-order valence-corrected chi connectivity index (χ3v) is 3.12. The summed E-state index contributed by atoms with van der Waals surface area (Å²) in [5.41, 5.74) is 0.0552. The lowest BCUT2D eigenvalue weighted by Gasteiger charge is -2.07. The molecule has 1 N–H and O–H groups in total. The highest BCUT2D eigenvalue weighted by molar-refractivity contribution is 5.88. The van der Waals surface area contributed by atoms with Crippen LogP contribution in [0.5, 0.6) is 5.75 Å². The average Bonchev–Trinajstić information content (AvgIpc) is 2.37. The zero-order valence-corrected chi connectivity index (χ0v) is 10.2. The molecule has 0 atom stereocenters. The first-order valence-electron chi connectivity index (χ1n) is 5.92. The third-order valence-electron chi connectivity index (χ3n) is 3.12. The van der Waals surface area contributed by atoms with Gasteiger partial charge in [-0.3, -0.25) is 0 Å². The summed E-state index contributed by atoms with van der Waals surface area (Å²) in [7, 11) is 0. The number of hydrogen-bond donors (Lipinski definition) is 1. The number of phenolic OH excluding ortho intramolecular Hbond substituents is 1. The average molecular weight is 274 g/mol. The monoisotopic (exact) mass is 274 g/mol. The molecule has 0 saturated heterocycles. The molecule has 1 nitrogen and oxygen atoms in total. The first kappa shape index (κ1) is 12.5. The summed E-state index contributed by atoms with van der Waals surface area (Å²) in [6.07, 6.45) is 0. The number of hydrogen-bond acceptors (Lipinski definition) is 1. The lowest BCUT2D eigenvalue weighted by molar-refractivity contribution is 0.476. The van der Waals surface area contributed by atoms with Gasteiger partial charge in [-0.15, -0.1) is 0 Å². The van der Waals surface area contributed by atoms with Crippen LogP contribution < -0.4 is 0 Å². The van der Waals surface area contributed by atoms with Crippen molar-refractivity contribution in [3.63, 3.8) is 0 Å². The summed E-state index contributed by atoms with van der Waals surface area (Å²) in [5.74, 6) is -2.72. The van der Waals surface area contributed by atoms with Crippen molar-refractivity contribution in [2.24, 2.45) is 0 Å². The predicted molar refractivity (Wildman–Crippen MR) is 70.9 cm³/mol. The van der Waals surface area contributed by atoms with E-state index >= 15 is 0 Å². The topological polar surface area (TPSA) is 20.2 Å². The Morgan fingerprint density at radius 1 is 0.700 bits per heavy atom. The second-order valence-electron chi connectivity index (χ2n) is 4.49. The molecule has 3 aromatic carbocycles. The van der Waals surface area contributed by atoms with Crippen LogP contribution in [0.25, 0.3) is 21.9 Å². The molecule has 0 aliphatic rings. The SMILES string of the molecule is Oc1ccc2cc(-c3c(F)cc(F)cc3F)ccc2c1. The van der Waals surface area contributed by atoms with Crippen LogP contribution >= 0.6 is 0 Å². The summed E-state index contributed by atoms with van der Waals surface area (Å²) in [5, 5.41) is 10.8. The molecule has 4 heteroatoms. The standard InChI is InChI=1S/C16H9F3O/c17-12-7-14(18)16(15(19)8-12)11-2-1-10-6-13(20)4-3-9(10)5-11/h1-8,20H. The minimum absolute atomic E-state index is 0.115. The fraction of sp³-hybridized carbons (Fsp3) is 0. The van der Waals surface area contributed by atoms with Crippen LogP contribution in [-0.2, 0) is 0 Å². The van der Waals surface area contributed by atoms with Crippen LogP contribution in [0, 0.1) is 17.5 Å². The van der Waals surface area contributed by atoms with Crippen molar-refractivity contribution in [1.29, 1.82) is 0 Å². The number of fused-ring (bicyclic) bond motifs is 1. The molecule has 100 valence electrons. The van der Waals surface area contributed by atoms with E-state index in [1.165, 1.54) is 12.1 Å². The van der Waals surface area contributed by atoms with Crippen LogP contribution in [0.3, 0.4) is 0 Å². The fourth-order valence-corrected chi connectivity index (χ4v) is 2.21. The maximum Gasteiger partial charge on any atom is 0.136 e. The van der Waals surface area contributed by atoms with E-state index in [9.17, 15) is 18.3 Å². The maximum absolute atomic E-state index is 13.7. The molecule has 3 rings (SSSR count). The summed E-state index contributed by atoms with van der Waals surface area (Å²) in [6, 6.07) is 10.8. The van der Waals surface area contributed by atoms with E-state index < -0.39 is 17.5 Å². The Bertz CT molecular complexity index is 789. The highest BCUT2D eigenvalue weighted by atomic mass is 19.1. The van der Waals surface area contributed by atoms with Crippen molar-refractivity contribution >= 4 is 10.8 Å². The van der Waals surface area contributed by atoms with Gasteiger partial charge in [0.25, 0.3) is 0 Å². The van der Waals surface area contributed by atoms with Gasteiger partial charge in [-0.25, -0.2) is 13.2 Å². The summed E-state index contributed by atoms with van der Waals surface area (Å²) in [6.45, 7) is 0. The molecular weight excluding hydrogens is 265 g/mol. The van der Waals surface area contributed by atoms with E-state index in [2.05, 4.69) is 0 Å². The van der Waals surface area contributed by atoms with Gasteiger partial charge in [-0.05, 0) is 34.5 Å². The normalized spacial score (nSPS) is 10.9. The highest BCUT2D eigenvalue weighted by Gasteiger charge is 2.13. The lowest BCUT2D eigenvalue weighted by atomic mass is 10.00. The molecule has 0 radical (unpaired) electrons. The molecule has 0 spiro atoms.